The van der Waals surface area contributed by atoms with E-state index in [1.54, 1.807) is 4.31 Å². The molecule has 3 nitrogen and oxygen atoms in total. The van der Waals surface area contributed by atoms with E-state index < -0.39 is 11.3 Å². The average molecular weight is 193 g/mol. The standard InChI is InChI=1S/C8H19NO2S/c1-3-5-7-9(12(10)11)8-6-4-2/h3-8H2,1-2H3,(H,10,11). The molecular weight excluding hydrogens is 174 g/mol. The van der Waals surface area contributed by atoms with Crippen molar-refractivity contribution in [3.63, 3.8) is 0 Å². The first kappa shape index (κ1) is 12.1. The van der Waals surface area contributed by atoms with E-state index in [9.17, 15) is 4.21 Å². The molecule has 0 saturated carbocycles. The van der Waals surface area contributed by atoms with Crippen molar-refractivity contribution in [2.45, 2.75) is 39.5 Å². The normalized spacial score (nSPS) is 13.7. The minimum absolute atomic E-state index is 0.736. The van der Waals surface area contributed by atoms with Crippen molar-refractivity contribution in [3.8, 4) is 0 Å². The van der Waals surface area contributed by atoms with Gasteiger partial charge in [0.05, 0.1) is 0 Å². The molecule has 0 saturated heterocycles. The van der Waals surface area contributed by atoms with Crippen LogP contribution in [0, 0.1) is 0 Å². The number of hydrogen-bond acceptors (Lipinski definition) is 1. The van der Waals surface area contributed by atoms with Gasteiger partial charge >= 0.3 is 0 Å². The summed E-state index contributed by atoms with van der Waals surface area (Å²) in [5, 5.41) is 0. The van der Waals surface area contributed by atoms with Crippen LogP contribution in [0.5, 0.6) is 0 Å². The first-order chi connectivity index (χ1) is 5.72. The van der Waals surface area contributed by atoms with Crippen molar-refractivity contribution >= 4 is 11.3 Å². The predicted molar refractivity (Wildman–Crippen MR) is 52.2 cm³/mol. The number of nitrogens with zero attached hydrogens (tertiary/aromatic N) is 1. The van der Waals surface area contributed by atoms with Crippen LogP contribution in [0.3, 0.4) is 0 Å². The molecule has 0 spiro atoms. The highest BCUT2D eigenvalue weighted by Crippen LogP contribution is 2.00. The van der Waals surface area contributed by atoms with E-state index in [1.807, 2.05) is 0 Å². The number of hydrogen-bond donors (Lipinski definition) is 1. The lowest BCUT2D eigenvalue weighted by molar-refractivity contribution is 0.383. The molecule has 4 heteroatoms. The van der Waals surface area contributed by atoms with Gasteiger partial charge in [-0.05, 0) is 12.8 Å². The zero-order chi connectivity index (χ0) is 9.40. The van der Waals surface area contributed by atoms with E-state index in [0.29, 0.717) is 0 Å². The summed E-state index contributed by atoms with van der Waals surface area (Å²) in [7, 11) is 0. The van der Waals surface area contributed by atoms with E-state index in [-0.39, 0.29) is 0 Å². The molecule has 0 bridgehead atoms. The van der Waals surface area contributed by atoms with E-state index in [0.717, 1.165) is 38.8 Å². The van der Waals surface area contributed by atoms with Crippen molar-refractivity contribution in [2.75, 3.05) is 13.1 Å². The molecule has 0 radical (unpaired) electrons. The lowest BCUT2D eigenvalue weighted by Crippen LogP contribution is -2.27. The fourth-order valence-corrected chi connectivity index (χ4v) is 1.51. The van der Waals surface area contributed by atoms with Gasteiger partial charge in [-0.3, -0.25) is 4.55 Å². The molecule has 1 atom stereocenters. The van der Waals surface area contributed by atoms with Gasteiger partial charge in [0.2, 0.25) is 11.3 Å². The Morgan fingerprint density at radius 1 is 1.17 bits per heavy atom. The molecule has 0 aromatic carbocycles. The Bertz CT molecular complexity index is 122. The highest BCUT2D eigenvalue weighted by molar-refractivity contribution is 7.76. The summed E-state index contributed by atoms with van der Waals surface area (Å²) in [5.41, 5.74) is 0. The van der Waals surface area contributed by atoms with Crippen molar-refractivity contribution < 1.29 is 8.76 Å². The minimum Gasteiger partial charge on any atom is -0.294 e. The van der Waals surface area contributed by atoms with Crippen LogP contribution in [-0.4, -0.2) is 26.2 Å². The minimum atomic E-state index is -1.77. The maximum absolute atomic E-state index is 10.7. The SMILES string of the molecule is CCCCN(CCCC)S(=O)O. The largest absolute Gasteiger partial charge is 0.294 e. The third-order valence-corrected chi connectivity index (χ3v) is 2.55. The summed E-state index contributed by atoms with van der Waals surface area (Å²) in [5.74, 6) is 0. The Morgan fingerprint density at radius 3 is 1.83 bits per heavy atom. The van der Waals surface area contributed by atoms with E-state index in [1.165, 1.54) is 0 Å². The van der Waals surface area contributed by atoms with Gasteiger partial charge in [-0.2, -0.15) is 0 Å². The number of unbranched alkanes of at least 4 members (excludes halogenated alkanes) is 2. The third-order valence-electron chi connectivity index (χ3n) is 1.74. The van der Waals surface area contributed by atoms with E-state index in [2.05, 4.69) is 13.8 Å². The fraction of sp³-hybridized carbons (Fsp3) is 1.00. The van der Waals surface area contributed by atoms with Crippen LogP contribution >= 0.6 is 0 Å². The molecule has 0 aromatic rings. The summed E-state index contributed by atoms with van der Waals surface area (Å²) >= 11 is -1.77. The lowest BCUT2D eigenvalue weighted by Gasteiger charge is -2.16. The third kappa shape index (κ3) is 5.69. The Balaban J connectivity index is 3.62. The zero-order valence-electron chi connectivity index (χ0n) is 7.95. The van der Waals surface area contributed by atoms with Gasteiger partial charge in [-0.15, -0.1) is 0 Å². The Hall–Kier alpha value is 0.0700. The molecule has 1 unspecified atom stereocenters. The first-order valence-electron chi connectivity index (χ1n) is 4.58. The quantitative estimate of drug-likeness (QED) is 0.628. The second kappa shape index (κ2) is 7.71. The van der Waals surface area contributed by atoms with Gasteiger partial charge in [-0.1, -0.05) is 26.7 Å². The molecule has 0 heterocycles. The molecule has 0 aliphatic heterocycles. The van der Waals surface area contributed by atoms with Crippen LogP contribution in [-0.2, 0) is 11.3 Å². The fourth-order valence-electron chi connectivity index (χ4n) is 0.937. The summed E-state index contributed by atoms with van der Waals surface area (Å²) in [6.07, 6.45) is 4.13. The maximum atomic E-state index is 10.7. The topological polar surface area (TPSA) is 40.5 Å². The van der Waals surface area contributed by atoms with Crippen LogP contribution in [0.1, 0.15) is 39.5 Å². The monoisotopic (exact) mass is 193 g/mol. The van der Waals surface area contributed by atoms with Crippen molar-refractivity contribution in [1.82, 2.24) is 4.31 Å². The van der Waals surface area contributed by atoms with E-state index in [4.69, 9.17) is 4.55 Å². The second-order valence-corrected chi connectivity index (χ2v) is 3.84. The van der Waals surface area contributed by atoms with E-state index >= 15 is 0 Å². The molecule has 12 heavy (non-hydrogen) atoms. The lowest BCUT2D eigenvalue weighted by atomic mass is 10.3. The Morgan fingerprint density at radius 2 is 1.58 bits per heavy atom. The van der Waals surface area contributed by atoms with Gasteiger partial charge in [-0.25, -0.2) is 8.51 Å². The highest BCUT2D eigenvalue weighted by atomic mass is 32.2. The Labute approximate surface area is 77.6 Å². The van der Waals surface area contributed by atoms with Crippen LogP contribution in [0.15, 0.2) is 0 Å². The van der Waals surface area contributed by atoms with Crippen LogP contribution in [0.25, 0.3) is 0 Å². The molecule has 0 rings (SSSR count). The van der Waals surface area contributed by atoms with Crippen LogP contribution in [0.4, 0.5) is 0 Å². The van der Waals surface area contributed by atoms with Gasteiger partial charge in [0, 0.05) is 13.1 Å². The van der Waals surface area contributed by atoms with Gasteiger partial charge in [0.1, 0.15) is 0 Å². The molecule has 0 amide bonds. The summed E-state index contributed by atoms with van der Waals surface area (Å²) in [4.78, 5) is 0. The predicted octanol–water partition coefficient (Wildman–Crippen LogP) is 2.03. The molecular formula is C8H19NO2S. The zero-order valence-corrected chi connectivity index (χ0v) is 8.77. The van der Waals surface area contributed by atoms with Crippen molar-refractivity contribution in [1.29, 1.82) is 0 Å². The highest BCUT2D eigenvalue weighted by Gasteiger charge is 2.08. The summed E-state index contributed by atoms with van der Waals surface area (Å²) in [6.45, 7) is 5.63. The maximum Gasteiger partial charge on any atom is 0.234 e. The van der Waals surface area contributed by atoms with Gasteiger partial charge in [0.25, 0.3) is 0 Å². The molecule has 74 valence electrons. The number of rotatable bonds is 7. The first-order valence-corrected chi connectivity index (χ1v) is 5.64. The Kier molecular flexibility index (Phi) is 7.75. The molecule has 0 aliphatic rings. The molecule has 0 aliphatic carbocycles. The smallest absolute Gasteiger partial charge is 0.234 e. The second-order valence-electron chi connectivity index (χ2n) is 2.87. The molecule has 1 N–H and O–H groups in total. The van der Waals surface area contributed by atoms with Crippen molar-refractivity contribution in [3.05, 3.63) is 0 Å². The summed E-state index contributed by atoms with van der Waals surface area (Å²) < 4.78 is 21.2. The van der Waals surface area contributed by atoms with Crippen molar-refractivity contribution in [2.24, 2.45) is 0 Å². The summed E-state index contributed by atoms with van der Waals surface area (Å²) in [6, 6.07) is 0. The molecule has 0 fully saturated rings. The van der Waals surface area contributed by atoms with Crippen LogP contribution in [0.2, 0.25) is 0 Å². The molecule has 0 aromatic heterocycles. The average Bonchev–Trinajstić information content (AvgIpc) is 2.04. The van der Waals surface area contributed by atoms with Gasteiger partial charge < -0.3 is 0 Å². The van der Waals surface area contributed by atoms with Crippen LogP contribution < -0.4 is 0 Å². The van der Waals surface area contributed by atoms with Gasteiger partial charge in [0.15, 0.2) is 0 Å².